The van der Waals surface area contributed by atoms with E-state index in [4.69, 9.17) is 0 Å². The number of thiophene rings is 1. The van der Waals surface area contributed by atoms with Gasteiger partial charge >= 0.3 is 0 Å². The Labute approximate surface area is 161 Å². The van der Waals surface area contributed by atoms with E-state index in [2.05, 4.69) is 45.2 Å². The van der Waals surface area contributed by atoms with Crippen LogP contribution >= 0.6 is 11.3 Å². The van der Waals surface area contributed by atoms with Crippen LogP contribution < -0.4 is 0 Å². The van der Waals surface area contributed by atoms with E-state index in [1.807, 2.05) is 17.5 Å². The summed E-state index contributed by atoms with van der Waals surface area (Å²) in [6, 6.07) is 3.86. The molecule has 0 fully saturated rings. The molecule has 140 valence electrons. The highest BCUT2D eigenvalue weighted by atomic mass is 32.1. The van der Waals surface area contributed by atoms with Crippen LogP contribution in [0, 0.1) is 0 Å². The minimum Gasteiger partial charge on any atom is -0.508 e. The lowest BCUT2D eigenvalue weighted by atomic mass is 9.92. The fourth-order valence-electron chi connectivity index (χ4n) is 3.11. The van der Waals surface area contributed by atoms with Crippen molar-refractivity contribution >= 4 is 11.3 Å². The third-order valence-electron chi connectivity index (χ3n) is 4.54. The molecule has 0 amide bonds. The first-order chi connectivity index (χ1) is 12.4. The lowest BCUT2D eigenvalue weighted by molar-refractivity contribution is 0.441. The third-order valence-corrected chi connectivity index (χ3v) is 5.22. The SMILES string of the molecule is CCCc1cc(O)c(C/C=C(\C)CCC=C(C)C)c(O)c1-c1ccsc1. The number of hydrogen-bond acceptors (Lipinski definition) is 3. The quantitative estimate of drug-likeness (QED) is 0.490. The Morgan fingerprint density at radius 1 is 1.15 bits per heavy atom. The van der Waals surface area contributed by atoms with Gasteiger partial charge in [0, 0.05) is 11.1 Å². The summed E-state index contributed by atoms with van der Waals surface area (Å²) in [6.45, 7) is 8.44. The number of allylic oxidation sites excluding steroid dienone is 4. The molecule has 0 saturated carbocycles. The molecule has 1 heterocycles. The van der Waals surface area contributed by atoms with Crippen LogP contribution in [-0.2, 0) is 12.8 Å². The second-order valence-electron chi connectivity index (χ2n) is 7.09. The van der Waals surface area contributed by atoms with Crippen molar-refractivity contribution in [3.05, 3.63) is 57.3 Å². The molecule has 0 radical (unpaired) electrons. The van der Waals surface area contributed by atoms with Crippen molar-refractivity contribution in [2.45, 2.75) is 59.8 Å². The van der Waals surface area contributed by atoms with E-state index in [0.717, 1.165) is 42.4 Å². The van der Waals surface area contributed by atoms with E-state index in [1.54, 1.807) is 11.3 Å². The third kappa shape index (κ3) is 5.25. The first kappa shape index (κ1) is 20.3. The number of phenolic OH excluding ortho intramolecular Hbond substituents is 2. The predicted octanol–water partition coefficient (Wildman–Crippen LogP) is 7.01. The van der Waals surface area contributed by atoms with Gasteiger partial charge in [-0.15, -0.1) is 0 Å². The van der Waals surface area contributed by atoms with Gasteiger partial charge in [0.25, 0.3) is 0 Å². The van der Waals surface area contributed by atoms with Gasteiger partial charge in [-0.25, -0.2) is 0 Å². The molecular formula is C23H30O2S. The van der Waals surface area contributed by atoms with E-state index in [0.29, 0.717) is 12.0 Å². The number of rotatable bonds is 8. The van der Waals surface area contributed by atoms with Gasteiger partial charge in [0.1, 0.15) is 11.5 Å². The maximum absolute atomic E-state index is 10.9. The van der Waals surface area contributed by atoms with E-state index >= 15 is 0 Å². The first-order valence-corrected chi connectivity index (χ1v) is 10.3. The zero-order chi connectivity index (χ0) is 19.1. The Kier molecular flexibility index (Phi) is 7.52. The molecule has 0 atom stereocenters. The van der Waals surface area contributed by atoms with Crippen molar-refractivity contribution in [3.8, 4) is 22.6 Å². The number of aryl methyl sites for hydroxylation is 1. The Morgan fingerprint density at radius 3 is 2.54 bits per heavy atom. The van der Waals surface area contributed by atoms with Crippen molar-refractivity contribution in [2.24, 2.45) is 0 Å². The second-order valence-corrected chi connectivity index (χ2v) is 7.87. The summed E-state index contributed by atoms with van der Waals surface area (Å²) in [5.74, 6) is 0.415. The highest BCUT2D eigenvalue weighted by molar-refractivity contribution is 7.08. The molecule has 3 heteroatoms. The van der Waals surface area contributed by atoms with Crippen LogP contribution in [0.3, 0.4) is 0 Å². The molecular weight excluding hydrogens is 340 g/mol. The Hall–Kier alpha value is -2.00. The minimum atomic E-state index is 0.193. The number of benzene rings is 1. The summed E-state index contributed by atoms with van der Waals surface area (Å²) in [5.41, 5.74) is 6.13. The van der Waals surface area contributed by atoms with Crippen LogP contribution in [0.25, 0.3) is 11.1 Å². The average molecular weight is 371 g/mol. The maximum atomic E-state index is 10.9. The predicted molar refractivity (Wildman–Crippen MR) is 113 cm³/mol. The van der Waals surface area contributed by atoms with Gasteiger partial charge < -0.3 is 10.2 Å². The Morgan fingerprint density at radius 2 is 1.92 bits per heavy atom. The van der Waals surface area contributed by atoms with Gasteiger partial charge in [-0.1, -0.05) is 36.6 Å². The summed E-state index contributed by atoms with van der Waals surface area (Å²) < 4.78 is 0. The van der Waals surface area contributed by atoms with E-state index in [1.165, 1.54) is 11.1 Å². The van der Waals surface area contributed by atoms with Crippen LogP contribution in [0.4, 0.5) is 0 Å². The van der Waals surface area contributed by atoms with Crippen LogP contribution in [-0.4, -0.2) is 10.2 Å². The molecule has 26 heavy (non-hydrogen) atoms. The zero-order valence-corrected chi connectivity index (χ0v) is 17.1. The van der Waals surface area contributed by atoms with Crippen LogP contribution in [0.5, 0.6) is 11.5 Å². The fourth-order valence-corrected chi connectivity index (χ4v) is 3.76. The van der Waals surface area contributed by atoms with E-state index in [-0.39, 0.29) is 11.5 Å². The zero-order valence-electron chi connectivity index (χ0n) is 16.3. The smallest absolute Gasteiger partial charge is 0.130 e. The summed E-state index contributed by atoms with van der Waals surface area (Å²) >= 11 is 1.62. The summed E-state index contributed by atoms with van der Waals surface area (Å²) in [7, 11) is 0. The van der Waals surface area contributed by atoms with E-state index in [9.17, 15) is 10.2 Å². The van der Waals surface area contributed by atoms with Crippen molar-refractivity contribution in [1.82, 2.24) is 0 Å². The van der Waals surface area contributed by atoms with Gasteiger partial charge in [0.2, 0.25) is 0 Å². The lowest BCUT2D eigenvalue weighted by Crippen LogP contribution is -1.95. The van der Waals surface area contributed by atoms with E-state index < -0.39 is 0 Å². The Bertz CT molecular complexity index is 779. The molecule has 1 aromatic heterocycles. The average Bonchev–Trinajstić information content (AvgIpc) is 3.08. The summed E-state index contributed by atoms with van der Waals surface area (Å²) in [5, 5.41) is 25.5. The maximum Gasteiger partial charge on any atom is 0.130 e. The van der Waals surface area contributed by atoms with Gasteiger partial charge in [-0.3, -0.25) is 0 Å². The van der Waals surface area contributed by atoms with Crippen molar-refractivity contribution < 1.29 is 10.2 Å². The highest BCUT2D eigenvalue weighted by Crippen LogP contribution is 2.42. The second kappa shape index (κ2) is 9.63. The molecule has 0 aliphatic rings. The lowest BCUT2D eigenvalue weighted by Gasteiger charge is -2.15. The molecule has 0 bridgehead atoms. The number of hydrogen-bond donors (Lipinski definition) is 2. The number of aromatic hydroxyl groups is 2. The number of phenols is 2. The monoisotopic (exact) mass is 370 g/mol. The van der Waals surface area contributed by atoms with Gasteiger partial charge in [-0.05, 0) is 80.5 Å². The molecule has 0 saturated heterocycles. The van der Waals surface area contributed by atoms with Crippen LogP contribution in [0.15, 0.2) is 46.2 Å². The fraction of sp³-hybridized carbons (Fsp3) is 0.391. The highest BCUT2D eigenvalue weighted by Gasteiger charge is 2.18. The first-order valence-electron chi connectivity index (χ1n) is 9.32. The molecule has 2 nitrogen and oxygen atoms in total. The standard InChI is InChI=1S/C23H30O2S/c1-5-7-18-14-21(24)20(11-10-17(4)9-6-8-16(2)3)23(25)22(18)19-12-13-26-15-19/h8,10,12-15,24-25H,5-7,9,11H2,1-4H3/b17-10+. The molecule has 0 aliphatic heterocycles. The molecule has 0 aliphatic carbocycles. The molecule has 0 spiro atoms. The summed E-state index contributed by atoms with van der Waals surface area (Å²) in [6.07, 6.45) is 8.73. The molecule has 1 aromatic carbocycles. The minimum absolute atomic E-state index is 0.193. The van der Waals surface area contributed by atoms with Crippen LogP contribution in [0.2, 0.25) is 0 Å². The normalized spacial score (nSPS) is 11.6. The molecule has 2 rings (SSSR count). The van der Waals surface area contributed by atoms with Crippen molar-refractivity contribution in [2.75, 3.05) is 0 Å². The molecule has 2 N–H and O–H groups in total. The molecule has 2 aromatic rings. The largest absolute Gasteiger partial charge is 0.508 e. The Balaban J connectivity index is 2.31. The topological polar surface area (TPSA) is 40.5 Å². The van der Waals surface area contributed by atoms with Gasteiger partial charge in [0.15, 0.2) is 0 Å². The van der Waals surface area contributed by atoms with Gasteiger partial charge in [-0.2, -0.15) is 11.3 Å². The van der Waals surface area contributed by atoms with Crippen molar-refractivity contribution in [1.29, 1.82) is 0 Å². The molecule has 0 unspecified atom stereocenters. The summed E-state index contributed by atoms with van der Waals surface area (Å²) in [4.78, 5) is 0. The van der Waals surface area contributed by atoms with Crippen LogP contribution in [0.1, 0.15) is 58.1 Å². The van der Waals surface area contributed by atoms with Crippen molar-refractivity contribution in [3.63, 3.8) is 0 Å². The van der Waals surface area contributed by atoms with Gasteiger partial charge in [0.05, 0.1) is 0 Å².